The fourth-order valence-electron chi connectivity index (χ4n) is 3.40. The molecule has 1 aromatic heterocycles. The van der Waals surface area contributed by atoms with Crippen LogP contribution in [-0.2, 0) is 11.2 Å². The number of ether oxygens (including phenoxy) is 1. The Balaban J connectivity index is 1.44. The van der Waals surface area contributed by atoms with E-state index in [1.807, 2.05) is 47.4 Å². The van der Waals surface area contributed by atoms with Gasteiger partial charge in [-0.15, -0.1) is 11.3 Å². The van der Waals surface area contributed by atoms with Gasteiger partial charge in [-0.1, -0.05) is 31.2 Å². The van der Waals surface area contributed by atoms with Gasteiger partial charge in [0.1, 0.15) is 10.8 Å². The molecule has 2 aromatic carbocycles. The molecule has 0 aliphatic carbocycles. The number of rotatable bonds is 5. The molecule has 1 unspecified atom stereocenters. The lowest BCUT2D eigenvalue weighted by Gasteiger charge is -2.23. The summed E-state index contributed by atoms with van der Waals surface area (Å²) in [5.41, 5.74) is 2.28. The molecule has 0 radical (unpaired) electrons. The van der Waals surface area contributed by atoms with Gasteiger partial charge in [-0.05, 0) is 49.1 Å². The Morgan fingerprint density at radius 1 is 1.23 bits per heavy atom. The SMILES string of the molecule is CCc1ccc(OCC(=O)N2CCCC2c2nc3ccccc3s2)cc1. The summed E-state index contributed by atoms with van der Waals surface area (Å²) < 4.78 is 6.89. The van der Waals surface area contributed by atoms with Crippen molar-refractivity contribution in [2.45, 2.75) is 32.2 Å². The number of hydrogen-bond acceptors (Lipinski definition) is 4. The molecule has 0 N–H and O–H groups in total. The number of carbonyl (C=O) groups is 1. The van der Waals surface area contributed by atoms with Crippen LogP contribution in [0, 0.1) is 0 Å². The Morgan fingerprint density at radius 2 is 2.04 bits per heavy atom. The molecule has 134 valence electrons. The maximum Gasteiger partial charge on any atom is 0.261 e. The fourth-order valence-corrected chi connectivity index (χ4v) is 4.52. The van der Waals surface area contributed by atoms with Crippen LogP contribution in [0.1, 0.15) is 36.4 Å². The minimum atomic E-state index is 0.0336. The maximum absolute atomic E-state index is 12.7. The minimum Gasteiger partial charge on any atom is -0.484 e. The summed E-state index contributed by atoms with van der Waals surface area (Å²) in [5, 5.41) is 1.03. The number of amides is 1. The molecule has 0 spiro atoms. The molecule has 4 rings (SSSR count). The summed E-state index contributed by atoms with van der Waals surface area (Å²) in [4.78, 5) is 19.4. The van der Waals surface area contributed by atoms with Gasteiger partial charge in [-0.3, -0.25) is 4.79 Å². The van der Waals surface area contributed by atoms with Crippen molar-refractivity contribution in [3.05, 3.63) is 59.1 Å². The Labute approximate surface area is 157 Å². The smallest absolute Gasteiger partial charge is 0.261 e. The van der Waals surface area contributed by atoms with Crippen LogP contribution in [0.2, 0.25) is 0 Å². The first-order chi connectivity index (χ1) is 12.7. The van der Waals surface area contributed by atoms with Crippen LogP contribution in [0.25, 0.3) is 10.2 Å². The number of nitrogens with zero attached hydrogens (tertiary/aromatic N) is 2. The van der Waals surface area contributed by atoms with Crippen LogP contribution in [-0.4, -0.2) is 28.9 Å². The van der Waals surface area contributed by atoms with E-state index in [4.69, 9.17) is 9.72 Å². The molecule has 5 heteroatoms. The molecule has 3 aromatic rings. The minimum absolute atomic E-state index is 0.0336. The number of benzene rings is 2. The number of hydrogen-bond donors (Lipinski definition) is 0. The van der Waals surface area contributed by atoms with Gasteiger partial charge in [-0.25, -0.2) is 4.98 Å². The number of aryl methyl sites for hydroxylation is 1. The van der Waals surface area contributed by atoms with Crippen LogP contribution in [0.5, 0.6) is 5.75 Å². The highest BCUT2D eigenvalue weighted by molar-refractivity contribution is 7.18. The second kappa shape index (κ2) is 7.46. The average molecular weight is 366 g/mol. The maximum atomic E-state index is 12.7. The van der Waals surface area contributed by atoms with Crippen molar-refractivity contribution in [2.24, 2.45) is 0 Å². The van der Waals surface area contributed by atoms with Gasteiger partial charge in [0.15, 0.2) is 6.61 Å². The summed E-state index contributed by atoms with van der Waals surface area (Å²) in [5.74, 6) is 0.776. The Bertz CT molecular complexity index is 871. The predicted molar refractivity (Wildman–Crippen MR) is 105 cm³/mol. The van der Waals surface area contributed by atoms with E-state index in [-0.39, 0.29) is 18.6 Å². The Kier molecular flexibility index (Phi) is 4.89. The molecule has 1 fully saturated rings. The third-order valence-corrected chi connectivity index (χ3v) is 6.00. The van der Waals surface area contributed by atoms with E-state index in [2.05, 4.69) is 13.0 Å². The van der Waals surface area contributed by atoms with Crippen LogP contribution in [0.15, 0.2) is 48.5 Å². The van der Waals surface area contributed by atoms with Gasteiger partial charge < -0.3 is 9.64 Å². The molecule has 2 heterocycles. The summed E-state index contributed by atoms with van der Waals surface area (Å²) >= 11 is 1.69. The highest BCUT2D eigenvalue weighted by Gasteiger charge is 2.32. The van der Waals surface area contributed by atoms with Crippen molar-refractivity contribution in [3.63, 3.8) is 0 Å². The van der Waals surface area contributed by atoms with Crippen LogP contribution >= 0.6 is 11.3 Å². The molecular weight excluding hydrogens is 344 g/mol. The van der Waals surface area contributed by atoms with Crippen molar-refractivity contribution in [3.8, 4) is 5.75 Å². The zero-order chi connectivity index (χ0) is 17.9. The number of likely N-dealkylation sites (tertiary alicyclic amines) is 1. The first-order valence-electron chi connectivity index (χ1n) is 9.11. The quantitative estimate of drug-likeness (QED) is 0.663. The van der Waals surface area contributed by atoms with Crippen molar-refractivity contribution < 1.29 is 9.53 Å². The summed E-state index contributed by atoms with van der Waals surface area (Å²) in [7, 11) is 0. The first-order valence-corrected chi connectivity index (χ1v) is 9.93. The summed E-state index contributed by atoms with van der Waals surface area (Å²) in [6, 6.07) is 16.2. The van der Waals surface area contributed by atoms with Crippen molar-refractivity contribution in [1.29, 1.82) is 0 Å². The molecule has 0 saturated carbocycles. The molecule has 1 aliphatic rings. The van der Waals surface area contributed by atoms with Gasteiger partial charge in [0.25, 0.3) is 5.91 Å². The van der Waals surface area contributed by atoms with Gasteiger partial charge in [-0.2, -0.15) is 0 Å². The molecule has 1 atom stereocenters. The van der Waals surface area contributed by atoms with Crippen molar-refractivity contribution >= 4 is 27.5 Å². The van der Waals surface area contributed by atoms with E-state index >= 15 is 0 Å². The van der Waals surface area contributed by atoms with Gasteiger partial charge in [0.2, 0.25) is 0 Å². The first kappa shape index (κ1) is 17.0. The lowest BCUT2D eigenvalue weighted by Crippen LogP contribution is -2.34. The normalized spacial score (nSPS) is 17.0. The zero-order valence-corrected chi connectivity index (χ0v) is 15.7. The molecule has 0 bridgehead atoms. The molecule has 1 aliphatic heterocycles. The number of carbonyl (C=O) groups excluding carboxylic acids is 1. The van der Waals surface area contributed by atoms with Crippen molar-refractivity contribution in [1.82, 2.24) is 9.88 Å². The van der Waals surface area contributed by atoms with Gasteiger partial charge >= 0.3 is 0 Å². The highest BCUT2D eigenvalue weighted by atomic mass is 32.1. The number of fused-ring (bicyclic) bond motifs is 1. The van der Waals surface area contributed by atoms with E-state index in [1.54, 1.807) is 11.3 Å². The van der Waals surface area contributed by atoms with Gasteiger partial charge in [0, 0.05) is 6.54 Å². The topological polar surface area (TPSA) is 42.4 Å². The standard InChI is InChI=1S/C21H22N2O2S/c1-2-15-9-11-16(12-10-15)25-14-20(24)23-13-5-7-18(23)21-22-17-6-3-4-8-19(17)26-21/h3-4,6,8-12,18H,2,5,7,13-14H2,1H3. The molecule has 1 saturated heterocycles. The van der Waals surface area contributed by atoms with Crippen molar-refractivity contribution in [2.75, 3.05) is 13.2 Å². The largest absolute Gasteiger partial charge is 0.484 e. The van der Waals surface area contributed by atoms with E-state index in [9.17, 15) is 4.79 Å². The van der Waals surface area contributed by atoms with Crippen LogP contribution < -0.4 is 4.74 Å². The molecule has 4 nitrogen and oxygen atoms in total. The monoisotopic (exact) mass is 366 g/mol. The Hall–Kier alpha value is -2.40. The third-order valence-electron chi connectivity index (χ3n) is 4.86. The third kappa shape index (κ3) is 3.44. The lowest BCUT2D eigenvalue weighted by atomic mass is 10.2. The predicted octanol–water partition coefficient (Wildman–Crippen LogP) is 4.60. The van der Waals surface area contributed by atoms with Crippen LogP contribution in [0.3, 0.4) is 0 Å². The number of thiazole rings is 1. The lowest BCUT2D eigenvalue weighted by molar-refractivity contribution is -0.134. The fraction of sp³-hybridized carbons (Fsp3) is 0.333. The van der Waals surface area contributed by atoms with E-state index in [1.165, 1.54) is 10.3 Å². The molecular formula is C21H22N2O2S. The Morgan fingerprint density at radius 3 is 2.81 bits per heavy atom. The van der Waals surface area contributed by atoms with E-state index in [0.29, 0.717) is 0 Å². The van der Waals surface area contributed by atoms with Gasteiger partial charge in [0.05, 0.1) is 16.3 Å². The number of para-hydroxylation sites is 1. The van der Waals surface area contributed by atoms with Crippen LogP contribution in [0.4, 0.5) is 0 Å². The molecule has 1 amide bonds. The number of aromatic nitrogens is 1. The highest BCUT2D eigenvalue weighted by Crippen LogP contribution is 2.36. The summed E-state index contributed by atoms with van der Waals surface area (Å²) in [6.45, 7) is 2.97. The second-order valence-corrected chi connectivity index (χ2v) is 7.61. The zero-order valence-electron chi connectivity index (χ0n) is 14.9. The average Bonchev–Trinajstić information content (AvgIpc) is 3.32. The molecule has 26 heavy (non-hydrogen) atoms. The second-order valence-electron chi connectivity index (χ2n) is 6.55. The summed E-state index contributed by atoms with van der Waals surface area (Å²) in [6.07, 6.45) is 2.98. The van der Waals surface area contributed by atoms with E-state index in [0.717, 1.165) is 42.1 Å². The van der Waals surface area contributed by atoms with E-state index < -0.39 is 0 Å².